The normalized spacial score (nSPS) is 15.6. The van der Waals surface area contributed by atoms with Crippen LogP contribution in [0.2, 0.25) is 0 Å². The molecule has 3 aromatic rings. The summed E-state index contributed by atoms with van der Waals surface area (Å²) in [5, 5.41) is 9.14. The van der Waals surface area contributed by atoms with Gasteiger partial charge in [0.15, 0.2) is 0 Å². The van der Waals surface area contributed by atoms with Crippen LogP contribution in [0.3, 0.4) is 0 Å². The highest BCUT2D eigenvalue weighted by molar-refractivity contribution is 5.87. The maximum absolute atomic E-state index is 11.1. The topological polar surface area (TPSA) is 59.4 Å². The Morgan fingerprint density at radius 1 is 1.08 bits per heavy atom. The van der Waals surface area contributed by atoms with Crippen molar-refractivity contribution in [3.8, 4) is 16.9 Å². The molecule has 2 aromatic carbocycles. The van der Waals surface area contributed by atoms with Gasteiger partial charge >= 0.3 is 5.97 Å². The minimum Gasteiger partial charge on any atom is -0.485 e. The lowest BCUT2D eigenvalue weighted by Crippen LogP contribution is -2.05. The Morgan fingerprint density at radius 3 is 2.79 bits per heavy atom. The van der Waals surface area contributed by atoms with Gasteiger partial charge in [-0.3, -0.25) is 4.98 Å². The largest absolute Gasteiger partial charge is 0.485 e. The van der Waals surface area contributed by atoms with Crippen LogP contribution in [-0.4, -0.2) is 16.1 Å². The van der Waals surface area contributed by atoms with Gasteiger partial charge in [-0.2, -0.15) is 0 Å². The number of nitrogens with zero attached hydrogens (tertiary/aromatic N) is 1. The van der Waals surface area contributed by atoms with Gasteiger partial charge in [0.25, 0.3) is 0 Å². The van der Waals surface area contributed by atoms with Crippen molar-refractivity contribution < 1.29 is 14.6 Å². The number of hydrogen-bond donors (Lipinski definition) is 1. The molecule has 0 saturated carbocycles. The highest BCUT2D eigenvalue weighted by atomic mass is 16.5. The van der Waals surface area contributed by atoms with Gasteiger partial charge in [-0.1, -0.05) is 24.3 Å². The van der Waals surface area contributed by atoms with E-state index in [1.54, 1.807) is 24.4 Å². The zero-order valence-electron chi connectivity index (χ0n) is 12.8. The van der Waals surface area contributed by atoms with Crippen molar-refractivity contribution >= 4 is 5.97 Å². The van der Waals surface area contributed by atoms with E-state index < -0.39 is 5.97 Å². The summed E-state index contributed by atoms with van der Waals surface area (Å²) < 4.78 is 6.01. The summed E-state index contributed by atoms with van der Waals surface area (Å²) in [4.78, 5) is 15.3. The fourth-order valence-electron chi connectivity index (χ4n) is 3.02. The SMILES string of the molecule is O=C(O)c1cccc(C2Cc3cc(-c4cccnc4)ccc3O2)c1. The average molecular weight is 317 g/mol. The summed E-state index contributed by atoms with van der Waals surface area (Å²) >= 11 is 0. The summed E-state index contributed by atoms with van der Waals surface area (Å²) in [6.07, 6.45) is 4.17. The molecule has 2 heterocycles. The molecule has 0 amide bonds. The molecule has 1 aliphatic heterocycles. The molecule has 0 radical (unpaired) electrons. The van der Waals surface area contributed by atoms with Crippen molar-refractivity contribution in [2.45, 2.75) is 12.5 Å². The molecule has 24 heavy (non-hydrogen) atoms. The molecule has 0 bridgehead atoms. The molecule has 4 heteroatoms. The van der Waals surface area contributed by atoms with E-state index in [1.807, 2.05) is 36.5 Å². The molecule has 4 nitrogen and oxygen atoms in total. The zero-order valence-corrected chi connectivity index (χ0v) is 12.8. The second-order valence-electron chi connectivity index (χ2n) is 5.81. The molecule has 0 spiro atoms. The number of pyridine rings is 1. The molecule has 118 valence electrons. The first-order chi connectivity index (χ1) is 11.7. The molecule has 1 aromatic heterocycles. The number of carboxylic acid groups (broad SMARTS) is 1. The Bertz CT molecular complexity index is 906. The van der Waals surface area contributed by atoms with Crippen molar-refractivity contribution in [1.82, 2.24) is 4.98 Å². The molecule has 1 aliphatic rings. The number of aromatic carboxylic acids is 1. The number of rotatable bonds is 3. The van der Waals surface area contributed by atoms with Gasteiger partial charge in [0.2, 0.25) is 0 Å². The molecule has 0 fully saturated rings. The van der Waals surface area contributed by atoms with Crippen LogP contribution in [0.1, 0.15) is 27.6 Å². The van der Waals surface area contributed by atoms with E-state index in [0.29, 0.717) is 0 Å². The number of hydrogen-bond acceptors (Lipinski definition) is 3. The first kappa shape index (κ1) is 14.5. The second kappa shape index (κ2) is 5.81. The van der Waals surface area contributed by atoms with Crippen LogP contribution in [0.5, 0.6) is 5.75 Å². The Labute approximate surface area is 139 Å². The lowest BCUT2D eigenvalue weighted by Gasteiger charge is -2.11. The van der Waals surface area contributed by atoms with Crippen LogP contribution >= 0.6 is 0 Å². The van der Waals surface area contributed by atoms with E-state index in [4.69, 9.17) is 9.84 Å². The molecule has 0 saturated heterocycles. The smallest absolute Gasteiger partial charge is 0.335 e. The third kappa shape index (κ3) is 2.63. The summed E-state index contributed by atoms with van der Waals surface area (Å²) in [6, 6.07) is 17.0. The van der Waals surface area contributed by atoms with Crippen LogP contribution < -0.4 is 4.74 Å². The van der Waals surface area contributed by atoms with E-state index >= 15 is 0 Å². The number of fused-ring (bicyclic) bond motifs is 1. The van der Waals surface area contributed by atoms with E-state index in [-0.39, 0.29) is 11.7 Å². The number of carboxylic acids is 1. The minimum absolute atomic E-state index is 0.150. The molecular weight excluding hydrogens is 302 g/mol. The lowest BCUT2D eigenvalue weighted by molar-refractivity contribution is 0.0696. The van der Waals surface area contributed by atoms with Gasteiger partial charge in [0, 0.05) is 24.4 Å². The highest BCUT2D eigenvalue weighted by Crippen LogP contribution is 2.38. The van der Waals surface area contributed by atoms with Gasteiger partial charge < -0.3 is 9.84 Å². The fraction of sp³-hybridized carbons (Fsp3) is 0.100. The van der Waals surface area contributed by atoms with E-state index in [1.165, 1.54) is 0 Å². The van der Waals surface area contributed by atoms with Crippen LogP contribution in [0.25, 0.3) is 11.1 Å². The number of carbonyl (C=O) groups is 1. The van der Waals surface area contributed by atoms with Crippen molar-refractivity contribution in [2.75, 3.05) is 0 Å². The Balaban J connectivity index is 1.63. The van der Waals surface area contributed by atoms with E-state index in [0.717, 1.165) is 34.4 Å². The van der Waals surface area contributed by atoms with Crippen molar-refractivity contribution in [3.05, 3.63) is 83.7 Å². The van der Waals surface area contributed by atoms with Crippen LogP contribution in [0, 0.1) is 0 Å². The third-order valence-corrected chi connectivity index (χ3v) is 4.24. The maximum atomic E-state index is 11.1. The predicted molar refractivity (Wildman–Crippen MR) is 90.1 cm³/mol. The fourth-order valence-corrected chi connectivity index (χ4v) is 3.02. The van der Waals surface area contributed by atoms with Crippen LogP contribution in [-0.2, 0) is 6.42 Å². The first-order valence-electron chi connectivity index (χ1n) is 7.74. The van der Waals surface area contributed by atoms with Gasteiger partial charge in [-0.15, -0.1) is 0 Å². The minimum atomic E-state index is -0.925. The Morgan fingerprint density at radius 2 is 2.00 bits per heavy atom. The van der Waals surface area contributed by atoms with E-state index in [2.05, 4.69) is 11.1 Å². The van der Waals surface area contributed by atoms with E-state index in [9.17, 15) is 4.79 Å². The standard InChI is InChI=1S/C20H15NO3/c22-20(23)15-4-1-3-14(10-15)19-11-17-9-13(6-7-18(17)24-19)16-5-2-8-21-12-16/h1-10,12,19H,11H2,(H,22,23). The molecule has 1 unspecified atom stereocenters. The zero-order chi connectivity index (χ0) is 16.5. The molecular formula is C20H15NO3. The van der Waals surface area contributed by atoms with Gasteiger partial charge in [-0.05, 0) is 47.0 Å². The number of benzene rings is 2. The second-order valence-corrected chi connectivity index (χ2v) is 5.81. The molecule has 4 rings (SSSR count). The number of aromatic nitrogens is 1. The number of ether oxygens (including phenoxy) is 1. The maximum Gasteiger partial charge on any atom is 0.335 e. The Hall–Kier alpha value is -3.14. The summed E-state index contributed by atoms with van der Waals surface area (Å²) in [7, 11) is 0. The molecule has 0 aliphatic carbocycles. The Kier molecular flexibility index (Phi) is 3.50. The van der Waals surface area contributed by atoms with Crippen molar-refractivity contribution in [1.29, 1.82) is 0 Å². The van der Waals surface area contributed by atoms with Gasteiger partial charge in [0.05, 0.1) is 5.56 Å². The quantitative estimate of drug-likeness (QED) is 0.789. The monoisotopic (exact) mass is 317 g/mol. The first-order valence-corrected chi connectivity index (χ1v) is 7.74. The molecule has 1 atom stereocenters. The summed E-state index contributed by atoms with van der Waals surface area (Å²) in [5.41, 5.74) is 4.46. The lowest BCUT2D eigenvalue weighted by atomic mass is 9.99. The van der Waals surface area contributed by atoms with Gasteiger partial charge in [0.1, 0.15) is 11.9 Å². The molecule has 1 N–H and O–H groups in total. The van der Waals surface area contributed by atoms with Crippen molar-refractivity contribution in [3.63, 3.8) is 0 Å². The highest BCUT2D eigenvalue weighted by Gasteiger charge is 2.25. The van der Waals surface area contributed by atoms with Gasteiger partial charge in [-0.25, -0.2) is 4.79 Å². The predicted octanol–water partition coefficient (Wildman–Crippen LogP) is 4.12. The van der Waals surface area contributed by atoms with Crippen LogP contribution in [0.15, 0.2) is 67.0 Å². The van der Waals surface area contributed by atoms with Crippen LogP contribution in [0.4, 0.5) is 0 Å². The third-order valence-electron chi connectivity index (χ3n) is 4.24. The summed E-state index contributed by atoms with van der Waals surface area (Å²) in [5.74, 6) is -0.0698. The average Bonchev–Trinajstić information content (AvgIpc) is 3.06. The summed E-state index contributed by atoms with van der Waals surface area (Å²) in [6.45, 7) is 0. The van der Waals surface area contributed by atoms with Crippen molar-refractivity contribution in [2.24, 2.45) is 0 Å².